The Balaban J connectivity index is 1.19. The largest absolute Gasteiger partial charge is 0.507 e. The molecule has 3 heterocycles. The van der Waals surface area contributed by atoms with Crippen molar-refractivity contribution in [2.75, 3.05) is 24.5 Å². The fourth-order valence-corrected chi connectivity index (χ4v) is 10.7. The average molecular weight is 896 g/mol. The number of aliphatic hydroxyl groups is 2. The van der Waals surface area contributed by atoms with Gasteiger partial charge in [0.25, 0.3) is 0 Å². The van der Waals surface area contributed by atoms with E-state index in [0.717, 1.165) is 90.4 Å². The molecule has 2 aliphatic carbocycles. The summed E-state index contributed by atoms with van der Waals surface area (Å²) < 4.78 is 4.38. The first-order valence-electron chi connectivity index (χ1n) is 23.7. The average Bonchev–Trinajstić information content (AvgIpc) is 3.76. The number of allylic oxidation sites excluding steroid dienone is 9. The van der Waals surface area contributed by atoms with E-state index in [4.69, 9.17) is 0 Å². The number of carboxylic acids is 1. The van der Waals surface area contributed by atoms with E-state index in [0.29, 0.717) is 35.4 Å². The number of nitriles is 2. The number of aromatic carboxylic acids is 1. The molecule has 0 aromatic heterocycles. The summed E-state index contributed by atoms with van der Waals surface area (Å²) in [5.41, 5.74) is 9.43. The van der Waals surface area contributed by atoms with E-state index < -0.39 is 22.2 Å². The summed E-state index contributed by atoms with van der Waals surface area (Å²) in [5, 5.41) is 54.3. The monoisotopic (exact) mass is 895 g/mol. The van der Waals surface area contributed by atoms with Crippen LogP contribution in [0.4, 0.5) is 17.1 Å². The molecular weight excluding hydrogens is 835 g/mol. The van der Waals surface area contributed by atoms with Gasteiger partial charge >= 0.3 is 5.97 Å². The number of hydrogen-bond donors (Lipinski definition) is 3. The summed E-state index contributed by atoms with van der Waals surface area (Å²) in [4.78, 5) is 28.5. The van der Waals surface area contributed by atoms with Crippen molar-refractivity contribution in [3.05, 3.63) is 152 Å². The Morgan fingerprint density at radius 2 is 1.27 bits per heavy atom. The predicted molar refractivity (Wildman–Crippen MR) is 264 cm³/mol. The van der Waals surface area contributed by atoms with Crippen molar-refractivity contribution >= 4 is 45.8 Å². The van der Waals surface area contributed by atoms with Gasteiger partial charge in [0, 0.05) is 88.3 Å². The molecule has 3 N–H and O–H groups in total. The van der Waals surface area contributed by atoms with Crippen LogP contribution in [-0.2, 0) is 21.0 Å². The van der Waals surface area contributed by atoms with Gasteiger partial charge in [-0.3, -0.25) is 4.79 Å². The summed E-state index contributed by atoms with van der Waals surface area (Å²) in [5.74, 6) is -1.33. The smallest absolute Gasteiger partial charge is 0.335 e. The second kappa shape index (κ2) is 17.3. The summed E-state index contributed by atoms with van der Waals surface area (Å²) in [6, 6.07) is 23.6. The molecule has 67 heavy (non-hydrogen) atoms. The number of fused-ring (bicyclic) bond motifs is 3. The summed E-state index contributed by atoms with van der Waals surface area (Å²) in [6.07, 6.45) is 11.3. The van der Waals surface area contributed by atoms with Crippen molar-refractivity contribution in [3.8, 4) is 12.1 Å². The molecule has 0 spiro atoms. The van der Waals surface area contributed by atoms with Gasteiger partial charge in [-0.15, -0.1) is 0 Å². The minimum atomic E-state index is -1.00. The summed E-state index contributed by atoms with van der Waals surface area (Å²) in [7, 11) is 0. The third kappa shape index (κ3) is 7.29. The molecule has 0 fully saturated rings. The van der Waals surface area contributed by atoms with Crippen LogP contribution in [0.2, 0.25) is 0 Å². The zero-order chi connectivity index (χ0) is 48.3. The lowest BCUT2D eigenvalue weighted by Crippen LogP contribution is -2.31. The van der Waals surface area contributed by atoms with Crippen LogP contribution >= 0.6 is 0 Å². The molecule has 10 heteroatoms. The topological polar surface area (TPSA) is 152 Å². The predicted octanol–water partition coefficient (Wildman–Crippen LogP) is 11.8. The van der Waals surface area contributed by atoms with Crippen molar-refractivity contribution in [1.29, 1.82) is 10.5 Å². The molecule has 342 valence electrons. The van der Waals surface area contributed by atoms with Crippen LogP contribution in [0.5, 0.6) is 0 Å². The molecule has 0 saturated carbocycles. The van der Waals surface area contributed by atoms with E-state index in [1.54, 1.807) is 18.2 Å². The first kappa shape index (κ1) is 46.5. The molecule has 0 amide bonds. The lowest BCUT2D eigenvalue weighted by atomic mass is 9.74. The number of unbranched alkanes of at least 4 members (excludes halogenated alkanes) is 3. The van der Waals surface area contributed by atoms with Gasteiger partial charge in [0.1, 0.15) is 42.3 Å². The molecule has 0 saturated heterocycles. The number of carbonyl (C=O) groups excluding carboxylic acids is 1. The van der Waals surface area contributed by atoms with E-state index in [1.165, 1.54) is 5.56 Å². The van der Waals surface area contributed by atoms with Crippen LogP contribution in [0.25, 0.3) is 5.57 Å². The zero-order valence-electron chi connectivity index (χ0n) is 40.3. The Morgan fingerprint density at radius 3 is 1.84 bits per heavy atom. The normalized spacial score (nSPS) is 20.3. The molecule has 3 aromatic rings. The minimum absolute atomic E-state index is 0.0273. The second-order valence-electron chi connectivity index (χ2n) is 19.9. The lowest BCUT2D eigenvalue weighted by molar-refractivity contribution is -0.438. The number of nitrogens with zero attached hydrogens (tertiary/aromatic N) is 5. The van der Waals surface area contributed by atoms with E-state index in [-0.39, 0.29) is 39.6 Å². The molecule has 10 nitrogen and oxygen atoms in total. The third-order valence-electron chi connectivity index (χ3n) is 14.7. The van der Waals surface area contributed by atoms with Crippen molar-refractivity contribution in [1.82, 2.24) is 0 Å². The third-order valence-corrected chi connectivity index (χ3v) is 14.7. The highest BCUT2D eigenvalue weighted by Gasteiger charge is 2.50. The van der Waals surface area contributed by atoms with Crippen LogP contribution in [0.1, 0.15) is 133 Å². The Morgan fingerprint density at radius 1 is 0.701 bits per heavy atom. The molecule has 0 radical (unpaired) electrons. The number of benzene rings is 3. The minimum Gasteiger partial charge on any atom is -0.507 e. The van der Waals surface area contributed by atoms with Gasteiger partial charge in [0.2, 0.25) is 17.2 Å². The molecule has 0 bridgehead atoms. The van der Waals surface area contributed by atoms with Crippen molar-refractivity contribution in [2.24, 2.45) is 0 Å². The number of para-hydroxylation sites is 1. The number of aliphatic hydroxyl groups excluding tert-OH is 2. The van der Waals surface area contributed by atoms with Crippen LogP contribution in [0.3, 0.4) is 0 Å². The number of hydrogen-bond acceptors (Lipinski definition) is 7. The second-order valence-corrected chi connectivity index (χ2v) is 19.9. The van der Waals surface area contributed by atoms with E-state index >= 15 is 0 Å². The van der Waals surface area contributed by atoms with Gasteiger partial charge < -0.3 is 20.2 Å². The maximum Gasteiger partial charge on any atom is 0.335 e. The van der Waals surface area contributed by atoms with Crippen molar-refractivity contribution in [3.63, 3.8) is 0 Å². The lowest BCUT2D eigenvalue weighted by Gasteiger charge is -2.31. The van der Waals surface area contributed by atoms with Gasteiger partial charge in [-0.05, 0) is 81.7 Å². The number of carbonyl (C=O) groups is 2. The highest BCUT2D eigenvalue weighted by Crippen LogP contribution is 2.52. The number of carboxylic acid groups (broad SMARTS) is 1. The van der Waals surface area contributed by atoms with Gasteiger partial charge in [-0.25, -0.2) is 4.79 Å². The maximum atomic E-state index is 14.2. The summed E-state index contributed by atoms with van der Waals surface area (Å²) in [6.45, 7) is 21.1. The molecule has 0 atom stereocenters. The molecule has 5 aliphatic rings. The number of rotatable bonds is 14. The molecule has 3 aliphatic heterocycles. The summed E-state index contributed by atoms with van der Waals surface area (Å²) >= 11 is 0. The molecule has 8 rings (SSSR count). The first-order chi connectivity index (χ1) is 31.9. The number of ketones is 1. The van der Waals surface area contributed by atoms with E-state index in [9.17, 15) is 35.4 Å². The zero-order valence-corrected chi connectivity index (χ0v) is 40.3. The van der Waals surface area contributed by atoms with Gasteiger partial charge in [0.15, 0.2) is 11.4 Å². The van der Waals surface area contributed by atoms with Gasteiger partial charge in [0.05, 0.1) is 27.5 Å². The highest BCUT2D eigenvalue weighted by molar-refractivity contribution is 6.40. The fourth-order valence-electron chi connectivity index (χ4n) is 10.7. The van der Waals surface area contributed by atoms with Crippen LogP contribution in [0, 0.1) is 22.7 Å². The molecule has 3 aromatic carbocycles. The Bertz CT molecular complexity index is 3020. The standard InChI is InChI=1S/C57H59N5O5/c1-10-13-24-60-43-19-17-16-18-40(43)55(4,5)46(60)29-37-49(36(32-58)33-59)38(51(37)63)30-47-56(6,7)41-27-34(20-22-44(41)61(47)25-14-11-2)50-52(64)39(53(50)65)31-48-57(8,9)42-28-35(54(66)67)21-23-45(42)62(48)26-15-12-3/h16-23,27-31H,10-15,24-26H2,1-9H3,(H-2,63,64,65,66,67)/p+2. The van der Waals surface area contributed by atoms with Crippen molar-refractivity contribution < 1.29 is 34.1 Å². The van der Waals surface area contributed by atoms with Gasteiger partial charge in [-0.1, -0.05) is 72.1 Å². The quantitative estimate of drug-likeness (QED) is 0.0822. The van der Waals surface area contributed by atoms with E-state index in [1.807, 2.05) is 62.4 Å². The Labute approximate surface area is 394 Å². The maximum absolute atomic E-state index is 14.2. The Hall–Kier alpha value is -7.04. The van der Waals surface area contributed by atoms with E-state index in [2.05, 4.69) is 86.8 Å². The molecule has 0 unspecified atom stereocenters. The SMILES string of the molecule is CCCCN1/C(=C/C2=C(O)C(=C\C3=[N+](CCCC)c4ccc(C5=C(O)/C(=C/C6=[N+](CCCC)c7ccc(C(=O)O)cc7C6(C)C)C5=O)cc4C3(C)C)/C2=C(C#N)C#N)C(C)(C)c2ccccc21. The van der Waals surface area contributed by atoms with Crippen LogP contribution in [0.15, 0.2) is 124 Å². The van der Waals surface area contributed by atoms with Crippen LogP contribution in [-0.4, -0.2) is 67.3 Å². The first-order valence-corrected chi connectivity index (χ1v) is 23.7. The molecular formula is C57H61N5O5+2. The number of anilines is 1. The van der Waals surface area contributed by atoms with Crippen LogP contribution < -0.4 is 4.90 Å². The number of Topliss-reactive ketones (excluding diaryl/α,β-unsaturated/α-hetero) is 1. The highest BCUT2D eigenvalue weighted by atomic mass is 16.4. The van der Waals surface area contributed by atoms with Gasteiger partial charge in [-0.2, -0.15) is 19.7 Å². The van der Waals surface area contributed by atoms with Crippen molar-refractivity contribution in [2.45, 2.75) is 117 Å². The Kier molecular flexibility index (Phi) is 12.0. The fraction of sp³-hybridized carbons (Fsp3) is 0.368.